The summed E-state index contributed by atoms with van der Waals surface area (Å²) in [5.41, 5.74) is -0.184. The summed E-state index contributed by atoms with van der Waals surface area (Å²) >= 11 is 0. The van der Waals surface area contributed by atoms with Crippen molar-refractivity contribution in [3.63, 3.8) is 0 Å². The highest BCUT2D eigenvalue weighted by Gasteiger charge is 2.22. The van der Waals surface area contributed by atoms with E-state index in [9.17, 15) is 0 Å². The van der Waals surface area contributed by atoms with Gasteiger partial charge in [-0.25, -0.2) is 0 Å². The van der Waals surface area contributed by atoms with Crippen molar-refractivity contribution in [2.24, 2.45) is 0 Å². The van der Waals surface area contributed by atoms with E-state index in [-0.39, 0.29) is 5.60 Å². The Kier molecular flexibility index (Phi) is 2.40. The molecule has 0 bridgehead atoms. The number of hydrogen-bond acceptors (Lipinski definition) is 1. The Bertz CT molecular complexity index is 351. The van der Waals surface area contributed by atoms with Gasteiger partial charge in [-0.15, -0.1) is 0 Å². The molecule has 1 aromatic carbocycles. The first-order valence-electron chi connectivity index (χ1n) is 4.87. The smallest absolute Gasteiger partial charge is 0.128 e. The molecule has 0 aliphatic heterocycles. The zero-order chi connectivity index (χ0) is 9.86. The van der Waals surface area contributed by atoms with E-state index in [2.05, 4.69) is 25.2 Å². The molecular weight excluding hydrogens is 172 g/mol. The summed E-state index contributed by atoms with van der Waals surface area (Å²) in [5.74, 6) is 0.926. The molecule has 1 heteroatoms. The summed E-state index contributed by atoms with van der Waals surface area (Å²) in [7, 11) is 0. The molecule has 1 aliphatic carbocycles. The molecule has 72 valence electrons. The van der Waals surface area contributed by atoms with Crippen LogP contribution >= 0.6 is 0 Å². The monoisotopic (exact) mass is 186 g/mol. The van der Waals surface area contributed by atoms with Gasteiger partial charge in [-0.2, -0.15) is 0 Å². The van der Waals surface area contributed by atoms with Gasteiger partial charge in [-0.1, -0.05) is 36.4 Å². The summed E-state index contributed by atoms with van der Waals surface area (Å²) in [6.45, 7) is 2.10. The van der Waals surface area contributed by atoms with Crippen LogP contribution < -0.4 is 4.74 Å². The molecule has 0 spiro atoms. The van der Waals surface area contributed by atoms with Crippen LogP contribution in [0.4, 0.5) is 0 Å². The minimum absolute atomic E-state index is 0.184. The first kappa shape index (κ1) is 9.07. The third-order valence-corrected chi connectivity index (χ3v) is 2.31. The minimum atomic E-state index is -0.184. The Labute approximate surface area is 84.7 Å². The Morgan fingerprint density at radius 3 is 2.57 bits per heavy atom. The number of benzene rings is 1. The maximum absolute atomic E-state index is 5.90. The van der Waals surface area contributed by atoms with Crippen LogP contribution in [0.15, 0.2) is 54.6 Å². The lowest BCUT2D eigenvalue weighted by molar-refractivity contribution is 0.143. The molecule has 1 aliphatic rings. The van der Waals surface area contributed by atoms with Crippen molar-refractivity contribution in [2.45, 2.75) is 18.9 Å². The van der Waals surface area contributed by atoms with Gasteiger partial charge in [0, 0.05) is 6.42 Å². The molecule has 1 nitrogen and oxygen atoms in total. The predicted octanol–water partition coefficient (Wildman–Crippen LogP) is 3.34. The first-order chi connectivity index (χ1) is 6.79. The predicted molar refractivity (Wildman–Crippen MR) is 58.4 cm³/mol. The lowest BCUT2D eigenvalue weighted by Crippen LogP contribution is -2.29. The Morgan fingerprint density at radius 1 is 1.14 bits per heavy atom. The Balaban J connectivity index is 2.11. The Hall–Kier alpha value is -1.50. The van der Waals surface area contributed by atoms with Gasteiger partial charge in [-0.3, -0.25) is 0 Å². The number of para-hydroxylation sites is 1. The van der Waals surface area contributed by atoms with Crippen LogP contribution in [0, 0.1) is 0 Å². The molecule has 0 heterocycles. The molecule has 0 amide bonds. The lowest BCUT2D eigenvalue weighted by atomic mass is 9.97. The normalized spacial score (nSPS) is 24.9. The third kappa shape index (κ3) is 2.05. The zero-order valence-electron chi connectivity index (χ0n) is 8.31. The fourth-order valence-electron chi connectivity index (χ4n) is 1.54. The molecule has 0 saturated heterocycles. The summed E-state index contributed by atoms with van der Waals surface area (Å²) in [5, 5.41) is 0. The van der Waals surface area contributed by atoms with Gasteiger partial charge in [-0.05, 0) is 25.1 Å². The molecule has 0 saturated carbocycles. The maximum atomic E-state index is 5.90. The molecule has 1 aromatic rings. The van der Waals surface area contributed by atoms with E-state index in [0.717, 1.165) is 12.2 Å². The summed E-state index contributed by atoms with van der Waals surface area (Å²) in [6.07, 6.45) is 9.24. The number of allylic oxidation sites excluding steroid dienone is 2. The van der Waals surface area contributed by atoms with Crippen molar-refractivity contribution in [1.82, 2.24) is 0 Å². The van der Waals surface area contributed by atoms with Crippen LogP contribution in [0.25, 0.3) is 0 Å². The van der Waals surface area contributed by atoms with Crippen LogP contribution in [0.3, 0.4) is 0 Å². The lowest BCUT2D eigenvalue weighted by Gasteiger charge is -2.27. The average Bonchev–Trinajstić information content (AvgIpc) is 2.19. The summed E-state index contributed by atoms with van der Waals surface area (Å²) in [4.78, 5) is 0. The molecule has 0 radical (unpaired) electrons. The van der Waals surface area contributed by atoms with Crippen LogP contribution in [-0.4, -0.2) is 5.60 Å². The van der Waals surface area contributed by atoms with E-state index in [1.807, 2.05) is 36.4 Å². The fourth-order valence-corrected chi connectivity index (χ4v) is 1.54. The zero-order valence-corrected chi connectivity index (χ0v) is 8.31. The summed E-state index contributed by atoms with van der Waals surface area (Å²) < 4.78 is 5.90. The van der Waals surface area contributed by atoms with E-state index in [1.54, 1.807) is 0 Å². The van der Waals surface area contributed by atoms with Crippen molar-refractivity contribution < 1.29 is 4.74 Å². The first-order valence-corrected chi connectivity index (χ1v) is 4.87. The average molecular weight is 186 g/mol. The third-order valence-electron chi connectivity index (χ3n) is 2.31. The van der Waals surface area contributed by atoms with Gasteiger partial charge in [0.15, 0.2) is 0 Å². The van der Waals surface area contributed by atoms with Gasteiger partial charge in [0.25, 0.3) is 0 Å². The van der Waals surface area contributed by atoms with Gasteiger partial charge in [0.05, 0.1) is 0 Å². The fraction of sp³-hybridized carbons (Fsp3) is 0.231. The van der Waals surface area contributed by atoms with Crippen LogP contribution in [0.1, 0.15) is 13.3 Å². The summed E-state index contributed by atoms with van der Waals surface area (Å²) in [6, 6.07) is 9.93. The van der Waals surface area contributed by atoms with E-state index in [1.165, 1.54) is 0 Å². The van der Waals surface area contributed by atoms with Gasteiger partial charge < -0.3 is 4.74 Å². The quantitative estimate of drug-likeness (QED) is 0.688. The Morgan fingerprint density at radius 2 is 1.93 bits per heavy atom. The van der Waals surface area contributed by atoms with Crippen LogP contribution in [-0.2, 0) is 0 Å². The molecule has 2 rings (SSSR count). The van der Waals surface area contributed by atoms with Crippen LogP contribution in [0.5, 0.6) is 5.75 Å². The van der Waals surface area contributed by atoms with Crippen molar-refractivity contribution in [1.29, 1.82) is 0 Å². The molecule has 0 aromatic heterocycles. The second kappa shape index (κ2) is 3.70. The highest BCUT2D eigenvalue weighted by Crippen LogP contribution is 2.24. The van der Waals surface area contributed by atoms with Crippen LogP contribution in [0.2, 0.25) is 0 Å². The van der Waals surface area contributed by atoms with E-state index < -0.39 is 0 Å². The highest BCUT2D eigenvalue weighted by atomic mass is 16.5. The number of ether oxygens (including phenoxy) is 1. The molecule has 0 N–H and O–H groups in total. The van der Waals surface area contributed by atoms with Gasteiger partial charge >= 0.3 is 0 Å². The molecule has 1 atom stereocenters. The number of hydrogen-bond donors (Lipinski definition) is 0. The van der Waals surface area contributed by atoms with Crippen molar-refractivity contribution in [3.05, 3.63) is 54.6 Å². The molecule has 0 fully saturated rings. The van der Waals surface area contributed by atoms with Crippen molar-refractivity contribution >= 4 is 0 Å². The SMILES string of the molecule is CC1(Oc2ccccc2)C=CC=CC1. The standard InChI is InChI=1S/C13H14O/c1-13(10-6-3-7-11-13)14-12-8-4-2-5-9-12/h2-10H,11H2,1H3. The minimum Gasteiger partial charge on any atom is -0.483 e. The van der Waals surface area contributed by atoms with Gasteiger partial charge in [0.1, 0.15) is 11.4 Å². The second-order valence-electron chi connectivity index (χ2n) is 3.72. The topological polar surface area (TPSA) is 9.23 Å². The molecule has 14 heavy (non-hydrogen) atoms. The molecule has 1 unspecified atom stereocenters. The molecular formula is C13H14O. The van der Waals surface area contributed by atoms with E-state index >= 15 is 0 Å². The van der Waals surface area contributed by atoms with E-state index in [4.69, 9.17) is 4.74 Å². The largest absolute Gasteiger partial charge is 0.483 e. The number of rotatable bonds is 2. The highest BCUT2D eigenvalue weighted by molar-refractivity contribution is 5.25. The van der Waals surface area contributed by atoms with Gasteiger partial charge in [0.2, 0.25) is 0 Å². The maximum Gasteiger partial charge on any atom is 0.128 e. The van der Waals surface area contributed by atoms with Crippen molar-refractivity contribution in [3.8, 4) is 5.75 Å². The second-order valence-corrected chi connectivity index (χ2v) is 3.72. The van der Waals surface area contributed by atoms with Crippen molar-refractivity contribution in [2.75, 3.05) is 0 Å². The van der Waals surface area contributed by atoms with E-state index in [0.29, 0.717) is 0 Å².